The number of amides is 2. The molecule has 0 radical (unpaired) electrons. The zero-order valence-electron chi connectivity index (χ0n) is 17.3. The molecular formula is C21H21ClF2N2O6S. The predicted molar refractivity (Wildman–Crippen MR) is 116 cm³/mol. The smallest absolute Gasteiger partial charge is 0.255 e. The first-order chi connectivity index (χ1) is 15.4. The molecule has 33 heavy (non-hydrogen) atoms. The molecule has 3 rings (SSSR count). The Kier molecular flexibility index (Phi) is 7.08. The topological polar surface area (TPSA) is 133 Å². The van der Waals surface area contributed by atoms with Gasteiger partial charge in [-0.1, -0.05) is 11.6 Å². The van der Waals surface area contributed by atoms with Crippen molar-refractivity contribution in [3.8, 4) is 0 Å². The highest BCUT2D eigenvalue weighted by atomic mass is 35.5. The van der Waals surface area contributed by atoms with Crippen LogP contribution in [0, 0.1) is 11.6 Å². The van der Waals surface area contributed by atoms with E-state index in [1.54, 1.807) is 0 Å². The molecule has 0 heterocycles. The lowest BCUT2D eigenvalue weighted by Crippen LogP contribution is -2.60. The number of halogens is 3. The molecule has 0 bridgehead atoms. The molecule has 1 fully saturated rings. The third-order valence-corrected chi connectivity index (χ3v) is 7.92. The van der Waals surface area contributed by atoms with E-state index in [2.05, 4.69) is 10.6 Å². The number of aliphatic hydroxyl groups is 2. The van der Waals surface area contributed by atoms with Crippen molar-refractivity contribution in [3.63, 3.8) is 0 Å². The lowest BCUT2D eigenvalue weighted by molar-refractivity contribution is -0.148. The quantitative estimate of drug-likeness (QED) is 0.458. The first kappa shape index (κ1) is 25.0. The minimum Gasteiger partial charge on any atom is -0.394 e. The summed E-state index contributed by atoms with van der Waals surface area (Å²) in [5.41, 5.74) is -2.05. The van der Waals surface area contributed by atoms with E-state index in [0.717, 1.165) is 24.3 Å². The molecule has 0 aliphatic heterocycles. The minimum atomic E-state index is -4.12. The van der Waals surface area contributed by atoms with Gasteiger partial charge in [-0.15, -0.1) is 0 Å². The first-order valence-corrected chi connectivity index (χ1v) is 11.7. The van der Waals surface area contributed by atoms with Gasteiger partial charge in [-0.3, -0.25) is 9.59 Å². The monoisotopic (exact) mass is 502 g/mol. The Morgan fingerprint density at radius 1 is 1.18 bits per heavy atom. The Hall–Kier alpha value is -2.60. The van der Waals surface area contributed by atoms with Gasteiger partial charge in [-0.2, -0.15) is 0 Å². The van der Waals surface area contributed by atoms with Crippen LogP contribution in [0.1, 0.15) is 30.1 Å². The van der Waals surface area contributed by atoms with E-state index in [1.807, 2.05) is 0 Å². The first-order valence-electron chi connectivity index (χ1n) is 9.81. The molecule has 1 aliphatic carbocycles. The van der Waals surface area contributed by atoms with Crippen molar-refractivity contribution in [1.82, 2.24) is 5.32 Å². The normalized spacial score (nSPS) is 21.1. The Balaban J connectivity index is 1.78. The summed E-state index contributed by atoms with van der Waals surface area (Å²) in [6.07, 6.45) is -0.776. The zero-order chi connectivity index (χ0) is 24.6. The molecule has 0 aromatic heterocycles. The number of aliphatic hydroxyl groups excluding tert-OH is 1. The van der Waals surface area contributed by atoms with Gasteiger partial charge < -0.3 is 20.8 Å². The van der Waals surface area contributed by atoms with E-state index >= 15 is 0 Å². The second kappa shape index (κ2) is 9.34. The van der Waals surface area contributed by atoms with Crippen LogP contribution in [0.25, 0.3) is 0 Å². The molecule has 1 aliphatic rings. The van der Waals surface area contributed by atoms with Crippen LogP contribution in [0.2, 0.25) is 5.02 Å². The molecular weight excluding hydrogens is 482 g/mol. The fourth-order valence-electron chi connectivity index (χ4n) is 3.32. The number of carbonyl (C=O) groups excluding carboxylic acids is 2. The largest absolute Gasteiger partial charge is 0.394 e. The summed E-state index contributed by atoms with van der Waals surface area (Å²) in [5.74, 6) is -3.83. The number of benzene rings is 2. The molecule has 2 aromatic rings. The summed E-state index contributed by atoms with van der Waals surface area (Å²) in [5, 5.41) is 22.9. The number of hydrogen-bond donors (Lipinski definition) is 4. The summed E-state index contributed by atoms with van der Waals surface area (Å²) in [6.45, 7) is 1.17. The van der Waals surface area contributed by atoms with E-state index in [0.29, 0.717) is 0 Å². The van der Waals surface area contributed by atoms with Gasteiger partial charge in [0.2, 0.25) is 0 Å². The van der Waals surface area contributed by atoms with Crippen molar-refractivity contribution in [3.05, 3.63) is 58.6 Å². The van der Waals surface area contributed by atoms with Crippen molar-refractivity contribution < 1.29 is 37.0 Å². The summed E-state index contributed by atoms with van der Waals surface area (Å²) >= 11 is 6.06. The molecule has 178 valence electrons. The van der Waals surface area contributed by atoms with Crippen molar-refractivity contribution in [2.45, 2.75) is 41.6 Å². The fraction of sp³-hybridized carbons (Fsp3) is 0.333. The van der Waals surface area contributed by atoms with E-state index in [1.165, 1.54) is 19.1 Å². The summed E-state index contributed by atoms with van der Waals surface area (Å²) < 4.78 is 52.5. The highest BCUT2D eigenvalue weighted by Gasteiger charge is 2.54. The molecule has 1 saturated carbocycles. The standard InChI is InChI=1S/C21H21ClF2N2O6S/c1-11(10-27)25-20(29)21(30)8-14(9-21)33(31,32)18-6-12(2-4-15(18)22)19(28)26-13-3-5-16(23)17(24)7-13/h2-7,11,14,27,30H,8-10H2,1H3,(H,25,29)(H,26,28)/t11-,14?,21?/m0/s1. The number of sulfone groups is 1. The van der Waals surface area contributed by atoms with Crippen LogP contribution in [0.4, 0.5) is 14.5 Å². The van der Waals surface area contributed by atoms with Gasteiger partial charge in [0.15, 0.2) is 21.5 Å². The van der Waals surface area contributed by atoms with Crippen LogP contribution in [0.5, 0.6) is 0 Å². The van der Waals surface area contributed by atoms with Crippen molar-refractivity contribution in [2.24, 2.45) is 0 Å². The molecule has 0 unspecified atom stereocenters. The van der Waals surface area contributed by atoms with Crippen LogP contribution in [0.3, 0.4) is 0 Å². The molecule has 8 nitrogen and oxygen atoms in total. The highest BCUT2D eigenvalue weighted by molar-refractivity contribution is 7.92. The number of carbonyl (C=O) groups is 2. The maximum absolute atomic E-state index is 13.4. The summed E-state index contributed by atoms with van der Waals surface area (Å²) in [7, 11) is -4.12. The number of nitrogens with one attached hydrogen (secondary N) is 2. The van der Waals surface area contributed by atoms with Crippen molar-refractivity contribution >= 4 is 38.9 Å². The van der Waals surface area contributed by atoms with Gasteiger partial charge in [0.05, 0.1) is 21.8 Å². The summed E-state index contributed by atoms with van der Waals surface area (Å²) in [4.78, 5) is 24.3. The average molecular weight is 503 g/mol. The fourth-order valence-corrected chi connectivity index (χ4v) is 5.74. The van der Waals surface area contributed by atoms with Crippen LogP contribution < -0.4 is 10.6 Å². The van der Waals surface area contributed by atoms with Crippen LogP contribution in [-0.2, 0) is 14.6 Å². The summed E-state index contributed by atoms with van der Waals surface area (Å²) in [6, 6.07) is 5.64. The molecule has 1 atom stereocenters. The Morgan fingerprint density at radius 3 is 2.45 bits per heavy atom. The molecule has 12 heteroatoms. The number of rotatable bonds is 7. The van der Waals surface area contributed by atoms with E-state index in [9.17, 15) is 31.9 Å². The van der Waals surface area contributed by atoms with Crippen LogP contribution in [-0.4, -0.2) is 53.9 Å². The predicted octanol–water partition coefficient (Wildman–Crippen LogP) is 2.03. The SMILES string of the molecule is C[C@@H](CO)NC(=O)C1(O)CC(S(=O)(=O)c2cc(C(=O)Nc3ccc(F)c(F)c3)ccc2Cl)C1. The van der Waals surface area contributed by atoms with E-state index in [-0.39, 0.29) is 40.6 Å². The zero-order valence-corrected chi connectivity index (χ0v) is 18.9. The van der Waals surface area contributed by atoms with Gasteiger partial charge in [-0.05, 0) is 37.3 Å². The van der Waals surface area contributed by atoms with Crippen LogP contribution in [0.15, 0.2) is 41.3 Å². The van der Waals surface area contributed by atoms with E-state index < -0.39 is 50.2 Å². The number of anilines is 1. The average Bonchev–Trinajstić information content (AvgIpc) is 2.73. The molecule has 0 saturated heterocycles. The minimum absolute atomic E-state index is 0.0366. The highest BCUT2D eigenvalue weighted by Crippen LogP contribution is 2.41. The second-order valence-corrected chi connectivity index (χ2v) is 10.5. The van der Waals surface area contributed by atoms with Crippen LogP contribution >= 0.6 is 11.6 Å². The lowest BCUT2D eigenvalue weighted by Gasteiger charge is -2.42. The third-order valence-electron chi connectivity index (χ3n) is 5.32. The molecule has 4 N–H and O–H groups in total. The maximum Gasteiger partial charge on any atom is 0.255 e. The third kappa shape index (κ3) is 5.16. The Morgan fingerprint density at radius 2 is 1.85 bits per heavy atom. The maximum atomic E-state index is 13.4. The van der Waals surface area contributed by atoms with Gasteiger partial charge in [-0.25, -0.2) is 17.2 Å². The molecule has 0 spiro atoms. The second-order valence-electron chi connectivity index (χ2n) is 7.89. The van der Waals surface area contributed by atoms with Gasteiger partial charge in [0.25, 0.3) is 11.8 Å². The van der Waals surface area contributed by atoms with E-state index in [4.69, 9.17) is 16.7 Å². The van der Waals surface area contributed by atoms with Crippen molar-refractivity contribution in [1.29, 1.82) is 0 Å². The van der Waals surface area contributed by atoms with Gasteiger partial charge in [0.1, 0.15) is 5.60 Å². The molecule has 2 aromatic carbocycles. The van der Waals surface area contributed by atoms with Gasteiger partial charge in [0, 0.05) is 36.2 Å². The Bertz CT molecular complexity index is 1200. The molecule has 2 amide bonds. The van der Waals surface area contributed by atoms with Gasteiger partial charge >= 0.3 is 0 Å². The Labute approximate surface area is 193 Å². The van der Waals surface area contributed by atoms with Crippen molar-refractivity contribution in [2.75, 3.05) is 11.9 Å². The number of hydrogen-bond acceptors (Lipinski definition) is 6. The lowest BCUT2D eigenvalue weighted by atomic mass is 9.79.